The van der Waals surface area contributed by atoms with Crippen LogP contribution in [0.5, 0.6) is 0 Å². The minimum Gasteiger partial charge on any atom is -0.461 e. The summed E-state index contributed by atoms with van der Waals surface area (Å²) in [7, 11) is 2.84. The fourth-order valence-corrected chi connectivity index (χ4v) is 2.65. The number of carbonyl (C=O) groups is 2. The van der Waals surface area contributed by atoms with E-state index in [1.54, 1.807) is 30.3 Å². The van der Waals surface area contributed by atoms with Crippen LogP contribution in [0.2, 0.25) is 0 Å². The zero-order valence-electron chi connectivity index (χ0n) is 15.3. The van der Waals surface area contributed by atoms with Gasteiger partial charge in [-0.05, 0) is 12.1 Å². The highest BCUT2D eigenvalue weighted by Gasteiger charge is 2.16. The van der Waals surface area contributed by atoms with E-state index >= 15 is 0 Å². The highest BCUT2D eigenvalue weighted by Crippen LogP contribution is 2.06. The molecule has 0 aliphatic heterocycles. The van der Waals surface area contributed by atoms with E-state index in [4.69, 9.17) is 9.47 Å². The predicted molar refractivity (Wildman–Crippen MR) is 97.9 cm³/mol. The Hall–Kier alpha value is -3.69. The number of hydrogen-bond acceptors (Lipinski definition) is 7. The monoisotopic (exact) mass is 386 g/mol. The summed E-state index contributed by atoms with van der Waals surface area (Å²) in [5.41, 5.74) is -0.360. The molecule has 0 radical (unpaired) electrons. The lowest BCUT2D eigenvalue weighted by Gasteiger charge is -2.08. The molecule has 0 unspecified atom stereocenters. The number of benzene rings is 1. The maximum atomic E-state index is 12.3. The number of hydrogen-bond donors (Lipinski definition) is 0. The highest BCUT2D eigenvalue weighted by atomic mass is 16.6. The predicted octanol–water partition coefficient (Wildman–Crippen LogP) is -0.166. The fraction of sp³-hybridized carbons (Fsp3) is 0.278. The Morgan fingerprint density at radius 3 is 2.39 bits per heavy atom. The van der Waals surface area contributed by atoms with Crippen LogP contribution >= 0.6 is 0 Å². The lowest BCUT2D eigenvalue weighted by atomic mass is 10.2. The second kappa shape index (κ2) is 7.91. The van der Waals surface area contributed by atoms with Crippen LogP contribution in [-0.4, -0.2) is 43.8 Å². The summed E-state index contributed by atoms with van der Waals surface area (Å²) < 4.78 is 13.5. The van der Waals surface area contributed by atoms with Crippen LogP contribution in [0.15, 0.2) is 46.2 Å². The number of aryl methyl sites for hydroxylation is 1. The molecule has 0 bridgehead atoms. The van der Waals surface area contributed by atoms with Crippen LogP contribution in [-0.2, 0) is 34.9 Å². The standard InChI is InChI=1S/C18H18N4O6/c1-20-15-14(16(24)21(2)18(20)26)22(11-19-15)10-13(23)27-8-9-28-17(25)12-6-4-3-5-7-12/h3-7,11H,8-10H2,1-2H3. The van der Waals surface area contributed by atoms with Crippen molar-refractivity contribution in [1.29, 1.82) is 0 Å². The molecular formula is C18H18N4O6. The topological polar surface area (TPSA) is 114 Å². The van der Waals surface area contributed by atoms with Gasteiger partial charge >= 0.3 is 17.6 Å². The summed E-state index contributed by atoms with van der Waals surface area (Å²) in [5, 5.41) is 0. The van der Waals surface area contributed by atoms with Gasteiger partial charge in [0.1, 0.15) is 19.8 Å². The molecule has 28 heavy (non-hydrogen) atoms. The minimum absolute atomic E-state index is 0.0968. The first-order valence-electron chi connectivity index (χ1n) is 8.39. The average Bonchev–Trinajstić information content (AvgIpc) is 3.12. The number of aromatic nitrogens is 4. The van der Waals surface area contributed by atoms with Crippen molar-refractivity contribution in [3.05, 3.63) is 63.1 Å². The van der Waals surface area contributed by atoms with E-state index in [1.165, 1.54) is 29.6 Å². The number of nitrogens with zero attached hydrogens (tertiary/aromatic N) is 4. The van der Waals surface area contributed by atoms with Gasteiger partial charge in [0, 0.05) is 14.1 Å². The molecular weight excluding hydrogens is 368 g/mol. The van der Waals surface area contributed by atoms with Gasteiger partial charge in [0.15, 0.2) is 11.2 Å². The summed E-state index contributed by atoms with van der Waals surface area (Å²) >= 11 is 0. The fourth-order valence-electron chi connectivity index (χ4n) is 2.65. The molecule has 0 N–H and O–H groups in total. The molecule has 0 fully saturated rings. The SMILES string of the molecule is Cn1c(=O)c2c(ncn2CC(=O)OCCOC(=O)c2ccccc2)n(C)c1=O. The van der Waals surface area contributed by atoms with E-state index in [0.29, 0.717) is 5.56 Å². The molecule has 0 amide bonds. The Balaban J connectivity index is 1.59. The van der Waals surface area contributed by atoms with Crippen LogP contribution in [0, 0.1) is 0 Å². The van der Waals surface area contributed by atoms with Crippen molar-refractivity contribution < 1.29 is 19.1 Å². The van der Waals surface area contributed by atoms with Gasteiger partial charge in [-0.3, -0.25) is 18.7 Å². The summed E-state index contributed by atoms with van der Waals surface area (Å²) in [6.07, 6.45) is 1.29. The molecule has 10 heteroatoms. The second-order valence-electron chi connectivity index (χ2n) is 5.97. The first-order valence-corrected chi connectivity index (χ1v) is 8.39. The van der Waals surface area contributed by atoms with E-state index in [9.17, 15) is 19.2 Å². The van der Waals surface area contributed by atoms with Gasteiger partial charge in [0.25, 0.3) is 5.56 Å². The Morgan fingerprint density at radius 2 is 1.68 bits per heavy atom. The van der Waals surface area contributed by atoms with E-state index in [1.807, 2.05) is 0 Å². The van der Waals surface area contributed by atoms with Crippen molar-refractivity contribution in [3.8, 4) is 0 Å². The molecule has 1 aromatic carbocycles. The average molecular weight is 386 g/mol. The third-order valence-electron chi connectivity index (χ3n) is 4.11. The summed E-state index contributed by atoms with van der Waals surface area (Å²) in [4.78, 5) is 52.1. The maximum Gasteiger partial charge on any atom is 0.338 e. The third kappa shape index (κ3) is 3.70. The Kier molecular flexibility index (Phi) is 5.39. The van der Waals surface area contributed by atoms with Crippen LogP contribution in [0.3, 0.4) is 0 Å². The van der Waals surface area contributed by atoms with Gasteiger partial charge in [-0.15, -0.1) is 0 Å². The zero-order chi connectivity index (χ0) is 20.3. The molecule has 0 atom stereocenters. The first-order chi connectivity index (χ1) is 13.4. The quantitative estimate of drug-likeness (QED) is 0.427. The van der Waals surface area contributed by atoms with E-state index in [-0.39, 0.29) is 30.9 Å². The number of esters is 2. The molecule has 3 aromatic rings. The summed E-state index contributed by atoms with van der Waals surface area (Å²) in [6.45, 7) is -0.489. The van der Waals surface area contributed by atoms with E-state index < -0.39 is 23.2 Å². The van der Waals surface area contributed by atoms with Crippen LogP contribution in [0.25, 0.3) is 11.2 Å². The highest BCUT2D eigenvalue weighted by molar-refractivity contribution is 5.89. The van der Waals surface area contributed by atoms with E-state index in [2.05, 4.69) is 4.98 Å². The maximum absolute atomic E-state index is 12.3. The lowest BCUT2D eigenvalue weighted by molar-refractivity contribution is -0.145. The van der Waals surface area contributed by atoms with Crippen molar-refractivity contribution in [2.45, 2.75) is 6.54 Å². The van der Waals surface area contributed by atoms with Crippen molar-refractivity contribution in [3.63, 3.8) is 0 Å². The van der Waals surface area contributed by atoms with Gasteiger partial charge in [0.05, 0.1) is 11.9 Å². The van der Waals surface area contributed by atoms with Gasteiger partial charge in [0.2, 0.25) is 0 Å². The minimum atomic E-state index is -0.633. The summed E-state index contributed by atoms with van der Waals surface area (Å²) in [6, 6.07) is 8.44. The first kappa shape index (κ1) is 19.1. The van der Waals surface area contributed by atoms with Crippen LogP contribution in [0.4, 0.5) is 0 Å². The van der Waals surface area contributed by atoms with Gasteiger partial charge < -0.3 is 14.0 Å². The Morgan fingerprint density at radius 1 is 1.00 bits per heavy atom. The largest absolute Gasteiger partial charge is 0.461 e. The molecule has 0 spiro atoms. The number of imidazole rings is 1. The lowest BCUT2D eigenvalue weighted by Crippen LogP contribution is -2.37. The molecule has 0 aliphatic carbocycles. The van der Waals surface area contributed by atoms with Crippen LogP contribution < -0.4 is 11.2 Å². The normalized spacial score (nSPS) is 10.8. The Labute approximate surface area is 158 Å². The smallest absolute Gasteiger partial charge is 0.338 e. The van der Waals surface area contributed by atoms with Crippen molar-refractivity contribution in [2.24, 2.45) is 14.1 Å². The summed E-state index contributed by atoms with van der Waals surface area (Å²) in [5.74, 6) is -1.15. The van der Waals surface area contributed by atoms with E-state index in [0.717, 1.165) is 4.57 Å². The number of carbonyl (C=O) groups excluding carboxylic acids is 2. The molecule has 2 aromatic heterocycles. The molecule has 0 saturated carbocycles. The molecule has 2 heterocycles. The zero-order valence-corrected chi connectivity index (χ0v) is 15.3. The number of rotatable bonds is 6. The molecule has 146 valence electrons. The van der Waals surface area contributed by atoms with Crippen LogP contribution in [0.1, 0.15) is 10.4 Å². The molecule has 0 saturated heterocycles. The number of ether oxygens (including phenoxy) is 2. The van der Waals surface area contributed by atoms with Gasteiger partial charge in [-0.25, -0.2) is 14.6 Å². The number of fused-ring (bicyclic) bond motifs is 1. The van der Waals surface area contributed by atoms with Gasteiger partial charge in [-0.1, -0.05) is 18.2 Å². The molecule has 10 nitrogen and oxygen atoms in total. The second-order valence-corrected chi connectivity index (χ2v) is 5.97. The third-order valence-corrected chi connectivity index (χ3v) is 4.11. The van der Waals surface area contributed by atoms with Crippen molar-refractivity contribution >= 4 is 23.1 Å². The van der Waals surface area contributed by atoms with Crippen molar-refractivity contribution in [1.82, 2.24) is 18.7 Å². The Bertz CT molecular complexity index is 1140. The molecule has 0 aliphatic rings. The van der Waals surface area contributed by atoms with Gasteiger partial charge in [-0.2, -0.15) is 0 Å². The van der Waals surface area contributed by atoms with Crippen molar-refractivity contribution in [2.75, 3.05) is 13.2 Å². The molecule has 3 rings (SSSR count).